The van der Waals surface area contributed by atoms with E-state index in [1.165, 1.54) is 57.8 Å². The van der Waals surface area contributed by atoms with Crippen LogP contribution in [0.15, 0.2) is 36.7 Å². The molecule has 0 amide bonds. The Kier molecular flexibility index (Phi) is 13.0. The lowest BCUT2D eigenvalue weighted by Gasteiger charge is -1.99. The van der Waals surface area contributed by atoms with E-state index in [1.807, 2.05) is 6.07 Å². The molecule has 0 unspecified atom stereocenters. The number of rotatable bonds is 10. The highest BCUT2D eigenvalue weighted by atomic mass is 35.5. The van der Waals surface area contributed by atoms with Crippen LogP contribution in [-0.2, 0) is 0 Å². The SMILES string of the molecule is CCCCCCCCCCC=C[n+]1ccccc1.[Cl-]. The summed E-state index contributed by atoms with van der Waals surface area (Å²) >= 11 is 0. The van der Waals surface area contributed by atoms with Gasteiger partial charge in [0.15, 0.2) is 18.6 Å². The van der Waals surface area contributed by atoms with Gasteiger partial charge in [0.2, 0.25) is 0 Å². The van der Waals surface area contributed by atoms with Gasteiger partial charge in [0.25, 0.3) is 0 Å². The molecule has 108 valence electrons. The van der Waals surface area contributed by atoms with Crippen molar-refractivity contribution in [2.24, 2.45) is 0 Å². The minimum absolute atomic E-state index is 0. The Morgan fingerprint density at radius 1 is 0.789 bits per heavy atom. The van der Waals surface area contributed by atoms with Crippen molar-refractivity contribution in [1.29, 1.82) is 0 Å². The lowest BCUT2D eigenvalue weighted by Crippen LogP contribution is -3.00. The van der Waals surface area contributed by atoms with Crippen LogP contribution in [0, 0.1) is 0 Å². The molecule has 2 heteroatoms. The molecule has 1 rings (SSSR count). The lowest BCUT2D eigenvalue weighted by atomic mass is 10.1. The van der Waals surface area contributed by atoms with Crippen molar-refractivity contribution < 1.29 is 17.0 Å². The summed E-state index contributed by atoms with van der Waals surface area (Å²) in [5.74, 6) is 0. The third kappa shape index (κ3) is 10.8. The Bertz CT molecular complexity index is 308. The second-order valence-electron chi connectivity index (χ2n) is 4.97. The second-order valence-corrected chi connectivity index (χ2v) is 4.97. The molecule has 1 aromatic rings. The van der Waals surface area contributed by atoms with Crippen molar-refractivity contribution >= 4 is 6.20 Å². The summed E-state index contributed by atoms with van der Waals surface area (Å²) in [6.07, 6.45) is 21.0. The van der Waals surface area contributed by atoms with E-state index in [-0.39, 0.29) is 12.4 Å². The van der Waals surface area contributed by atoms with Crippen molar-refractivity contribution in [3.8, 4) is 0 Å². The van der Waals surface area contributed by atoms with Gasteiger partial charge in [0.1, 0.15) is 0 Å². The van der Waals surface area contributed by atoms with Crippen LogP contribution < -0.4 is 17.0 Å². The Morgan fingerprint density at radius 2 is 1.37 bits per heavy atom. The fourth-order valence-electron chi connectivity index (χ4n) is 2.10. The highest BCUT2D eigenvalue weighted by Crippen LogP contribution is 2.09. The van der Waals surface area contributed by atoms with Crippen molar-refractivity contribution in [1.82, 2.24) is 0 Å². The zero-order chi connectivity index (χ0) is 12.9. The molecular weight excluding hydrogens is 254 g/mol. The van der Waals surface area contributed by atoms with Crippen molar-refractivity contribution in [2.75, 3.05) is 0 Å². The van der Waals surface area contributed by atoms with Gasteiger partial charge in [-0.2, -0.15) is 4.57 Å². The largest absolute Gasteiger partial charge is 1.00 e. The number of unbranched alkanes of at least 4 members (excludes halogenated alkanes) is 8. The van der Waals surface area contributed by atoms with Gasteiger partial charge in [0, 0.05) is 12.1 Å². The Hall–Kier alpha value is -0.820. The summed E-state index contributed by atoms with van der Waals surface area (Å²) in [6, 6.07) is 6.16. The molecule has 0 saturated heterocycles. The van der Waals surface area contributed by atoms with E-state index >= 15 is 0 Å². The monoisotopic (exact) mass is 281 g/mol. The molecule has 0 aliphatic carbocycles. The quantitative estimate of drug-likeness (QED) is 0.456. The predicted octanol–water partition coefficient (Wildman–Crippen LogP) is 1.98. The molecule has 0 bridgehead atoms. The molecule has 19 heavy (non-hydrogen) atoms. The van der Waals surface area contributed by atoms with Gasteiger partial charge in [0.05, 0.1) is 0 Å². The van der Waals surface area contributed by atoms with E-state index in [2.05, 4.69) is 48.3 Å². The molecule has 0 aromatic carbocycles. The fourth-order valence-corrected chi connectivity index (χ4v) is 2.10. The number of nitrogens with zero attached hydrogens (tertiary/aromatic N) is 1. The zero-order valence-corrected chi connectivity index (χ0v) is 13.0. The number of halogens is 1. The van der Waals surface area contributed by atoms with E-state index in [4.69, 9.17) is 0 Å². The topological polar surface area (TPSA) is 3.88 Å². The van der Waals surface area contributed by atoms with Gasteiger partial charge in [-0.15, -0.1) is 0 Å². The number of aromatic nitrogens is 1. The molecule has 0 fully saturated rings. The van der Waals surface area contributed by atoms with Gasteiger partial charge >= 0.3 is 0 Å². The number of pyridine rings is 1. The van der Waals surface area contributed by atoms with Crippen LogP contribution in [-0.4, -0.2) is 0 Å². The minimum atomic E-state index is 0. The first-order valence-electron chi connectivity index (χ1n) is 7.56. The van der Waals surface area contributed by atoms with Gasteiger partial charge in [-0.1, -0.05) is 57.9 Å². The lowest BCUT2D eigenvalue weighted by molar-refractivity contribution is -0.568. The summed E-state index contributed by atoms with van der Waals surface area (Å²) in [4.78, 5) is 0. The van der Waals surface area contributed by atoms with Crippen LogP contribution in [0.25, 0.3) is 6.20 Å². The number of hydrogen-bond acceptors (Lipinski definition) is 0. The van der Waals surface area contributed by atoms with Gasteiger partial charge in [-0.05, 0) is 18.9 Å². The predicted molar refractivity (Wildman–Crippen MR) is 79.2 cm³/mol. The summed E-state index contributed by atoms with van der Waals surface area (Å²) in [5, 5.41) is 0. The third-order valence-electron chi connectivity index (χ3n) is 3.24. The maximum absolute atomic E-state index is 2.27. The van der Waals surface area contributed by atoms with Crippen LogP contribution in [0.5, 0.6) is 0 Å². The molecule has 0 radical (unpaired) electrons. The molecule has 0 saturated carbocycles. The maximum Gasteiger partial charge on any atom is 0.174 e. The summed E-state index contributed by atoms with van der Waals surface area (Å²) < 4.78 is 2.10. The fraction of sp³-hybridized carbons (Fsp3) is 0.588. The zero-order valence-electron chi connectivity index (χ0n) is 12.2. The Morgan fingerprint density at radius 3 is 2.00 bits per heavy atom. The Balaban J connectivity index is 0.00000324. The molecule has 0 atom stereocenters. The van der Waals surface area contributed by atoms with E-state index in [0.29, 0.717) is 0 Å². The van der Waals surface area contributed by atoms with Crippen LogP contribution in [0.2, 0.25) is 0 Å². The standard InChI is InChI=1S/C17H28N.ClH/c1-2-3-4-5-6-7-8-9-10-12-15-18-16-13-11-14-17-18;/h11-17H,2-10H2,1H3;1H/q+1;/p-1. The highest BCUT2D eigenvalue weighted by Gasteiger charge is 1.92. The molecule has 0 spiro atoms. The molecule has 0 N–H and O–H groups in total. The van der Waals surface area contributed by atoms with E-state index in [0.717, 1.165) is 0 Å². The molecular formula is C17H28ClN. The smallest absolute Gasteiger partial charge is 0.174 e. The van der Waals surface area contributed by atoms with Crippen molar-refractivity contribution in [2.45, 2.75) is 64.7 Å². The van der Waals surface area contributed by atoms with E-state index in [1.54, 1.807) is 0 Å². The van der Waals surface area contributed by atoms with Crippen LogP contribution in [0.3, 0.4) is 0 Å². The summed E-state index contributed by atoms with van der Waals surface area (Å²) in [5.41, 5.74) is 0. The van der Waals surface area contributed by atoms with E-state index in [9.17, 15) is 0 Å². The minimum Gasteiger partial charge on any atom is -1.00 e. The maximum atomic E-state index is 2.27. The van der Waals surface area contributed by atoms with Crippen molar-refractivity contribution in [3.05, 3.63) is 36.7 Å². The van der Waals surface area contributed by atoms with Gasteiger partial charge in [-0.3, -0.25) is 0 Å². The van der Waals surface area contributed by atoms with Crippen molar-refractivity contribution in [3.63, 3.8) is 0 Å². The summed E-state index contributed by atoms with van der Waals surface area (Å²) in [7, 11) is 0. The second kappa shape index (κ2) is 13.6. The van der Waals surface area contributed by atoms with E-state index < -0.39 is 0 Å². The average Bonchev–Trinajstić information content (AvgIpc) is 2.42. The number of allylic oxidation sites excluding steroid dienone is 1. The molecule has 1 nitrogen and oxygen atoms in total. The Labute approximate surface area is 125 Å². The van der Waals surface area contributed by atoms with Gasteiger partial charge in [-0.25, -0.2) is 0 Å². The highest BCUT2D eigenvalue weighted by molar-refractivity contribution is 5.06. The first-order chi connectivity index (χ1) is 8.93. The molecule has 1 heterocycles. The normalized spacial score (nSPS) is 10.6. The molecule has 0 aliphatic rings. The van der Waals surface area contributed by atoms with Crippen LogP contribution >= 0.6 is 0 Å². The molecule has 0 aliphatic heterocycles. The average molecular weight is 282 g/mol. The van der Waals surface area contributed by atoms with Crippen LogP contribution in [0.1, 0.15) is 64.7 Å². The first kappa shape index (κ1) is 18.2. The van der Waals surface area contributed by atoms with Gasteiger partial charge < -0.3 is 12.4 Å². The summed E-state index contributed by atoms with van der Waals surface area (Å²) in [6.45, 7) is 2.27. The third-order valence-corrected chi connectivity index (χ3v) is 3.24. The molecule has 1 aromatic heterocycles. The number of hydrogen-bond donors (Lipinski definition) is 0. The van der Waals surface area contributed by atoms with Crippen LogP contribution in [0.4, 0.5) is 0 Å². The first-order valence-corrected chi connectivity index (χ1v) is 7.56.